The Kier molecular flexibility index (Phi) is 6.26. The van der Waals surface area contributed by atoms with Crippen molar-refractivity contribution < 1.29 is 28.0 Å². The standard InChI is InChI=1S/C25H23F3N2O3/c1-15-18(13-23(31)32)12-17-6-7-19(26)14-20(17)24(15)16-8-10-29(11-9-16)25(33)30(28)22-5-3-2-4-21(22)27/h2-7,12,14,16H,8-11,13H2,1H3,(H,31,32). The first-order chi connectivity index (χ1) is 15.8. The molecule has 4 rings (SSSR count). The van der Waals surface area contributed by atoms with E-state index in [4.69, 9.17) is 0 Å². The monoisotopic (exact) mass is 456 g/mol. The number of carbonyl (C=O) groups is 2. The van der Waals surface area contributed by atoms with Gasteiger partial charge in [-0.25, -0.2) is 13.6 Å². The number of benzene rings is 3. The van der Waals surface area contributed by atoms with Crippen LogP contribution in [0.5, 0.6) is 0 Å². The number of carboxylic acids is 1. The minimum atomic E-state index is -0.956. The summed E-state index contributed by atoms with van der Waals surface area (Å²) >= 11 is 0. The second-order valence-electron chi connectivity index (χ2n) is 8.29. The number of carbonyl (C=O) groups excluding carboxylic acids is 1. The maximum Gasteiger partial charge on any atom is 0.353 e. The second kappa shape index (κ2) is 9.13. The van der Waals surface area contributed by atoms with Crippen LogP contribution in [-0.2, 0) is 11.2 Å². The summed E-state index contributed by atoms with van der Waals surface area (Å²) in [5.41, 5.74) is 1.87. The van der Waals surface area contributed by atoms with E-state index in [-0.39, 0.29) is 36.4 Å². The van der Waals surface area contributed by atoms with E-state index in [9.17, 15) is 28.0 Å². The van der Waals surface area contributed by atoms with Gasteiger partial charge in [-0.1, -0.05) is 28.7 Å². The molecule has 3 aromatic carbocycles. The highest BCUT2D eigenvalue weighted by Crippen LogP contribution is 2.38. The molecule has 0 bridgehead atoms. The number of hydrogen-bond acceptors (Lipinski definition) is 2. The van der Waals surface area contributed by atoms with Gasteiger partial charge >= 0.3 is 12.0 Å². The fourth-order valence-electron chi connectivity index (χ4n) is 4.63. The molecule has 8 heteroatoms. The second-order valence-corrected chi connectivity index (χ2v) is 8.29. The van der Waals surface area contributed by atoms with Crippen molar-refractivity contribution in [1.29, 1.82) is 0 Å². The lowest BCUT2D eigenvalue weighted by molar-refractivity contribution is -0.136. The van der Waals surface area contributed by atoms with Crippen LogP contribution in [0.3, 0.4) is 0 Å². The number of urea groups is 1. The van der Waals surface area contributed by atoms with E-state index < -0.39 is 23.5 Å². The lowest BCUT2D eigenvalue weighted by Gasteiger charge is -2.34. The molecule has 1 N–H and O–H groups in total. The van der Waals surface area contributed by atoms with Crippen LogP contribution in [-0.4, -0.2) is 35.1 Å². The normalized spacial score (nSPS) is 14.5. The smallest absolute Gasteiger partial charge is 0.353 e. The van der Waals surface area contributed by atoms with Crippen LogP contribution in [0.4, 0.5) is 23.7 Å². The van der Waals surface area contributed by atoms with E-state index in [1.807, 2.05) is 6.92 Å². The fourth-order valence-corrected chi connectivity index (χ4v) is 4.63. The predicted octanol–water partition coefficient (Wildman–Crippen LogP) is 5.74. The maximum absolute atomic E-state index is 14.6. The number of halogens is 3. The van der Waals surface area contributed by atoms with Crippen molar-refractivity contribution in [3.63, 3.8) is 0 Å². The van der Waals surface area contributed by atoms with Gasteiger partial charge in [-0.05, 0) is 77.4 Å². The molecule has 0 saturated carbocycles. The number of rotatable bonds is 4. The van der Waals surface area contributed by atoms with Crippen LogP contribution in [0.1, 0.15) is 35.4 Å². The molecule has 0 radical (unpaired) electrons. The minimum absolute atomic E-state index is 0.0615. The third kappa shape index (κ3) is 4.51. The number of para-hydroxylation sites is 1. The summed E-state index contributed by atoms with van der Waals surface area (Å²) in [6.45, 7) is 2.30. The van der Waals surface area contributed by atoms with Gasteiger partial charge in [-0.3, -0.25) is 4.79 Å². The highest BCUT2D eigenvalue weighted by molar-refractivity contribution is 5.91. The van der Waals surface area contributed by atoms with Crippen LogP contribution < -0.4 is 5.12 Å². The van der Waals surface area contributed by atoms with Crippen LogP contribution in [0.2, 0.25) is 0 Å². The molecular formula is C25H23F3N2O3. The molecule has 1 aliphatic heterocycles. The molecule has 5 nitrogen and oxygen atoms in total. The minimum Gasteiger partial charge on any atom is -0.481 e. The number of hydrogen-bond donors (Lipinski definition) is 1. The molecule has 0 atom stereocenters. The molecule has 1 saturated heterocycles. The Balaban J connectivity index is 1.59. The zero-order chi connectivity index (χ0) is 23.7. The molecule has 0 aromatic heterocycles. The number of aliphatic carboxylic acids is 1. The number of nitrogens with zero attached hydrogens (tertiary/aromatic N) is 2. The summed E-state index contributed by atoms with van der Waals surface area (Å²) < 4.78 is 42.5. The van der Waals surface area contributed by atoms with E-state index in [1.165, 1.54) is 35.2 Å². The number of carboxylic acid groups (broad SMARTS) is 1. The Morgan fingerprint density at radius 3 is 2.45 bits per heavy atom. The summed E-state index contributed by atoms with van der Waals surface area (Å²) in [5, 5.41) is 10.6. The summed E-state index contributed by atoms with van der Waals surface area (Å²) in [4.78, 5) is 25.3. The van der Waals surface area contributed by atoms with E-state index in [0.29, 0.717) is 23.8 Å². The summed E-state index contributed by atoms with van der Waals surface area (Å²) in [6, 6.07) is 10.4. The van der Waals surface area contributed by atoms with Gasteiger partial charge in [0.15, 0.2) is 0 Å². The quantitative estimate of drug-likeness (QED) is 0.509. The van der Waals surface area contributed by atoms with Gasteiger partial charge in [0.25, 0.3) is 0 Å². The van der Waals surface area contributed by atoms with Gasteiger partial charge in [0, 0.05) is 13.1 Å². The van der Waals surface area contributed by atoms with Gasteiger partial charge in [0.2, 0.25) is 0 Å². The van der Waals surface area contributed by atoms with Gasteiger partial charge in [0.05, 0.1) is 6.42 Å². The van der Waals surface area contributed by atoms with Crippen molar-refractivity contribution in [2.75, 3.05) is 18.2 Å². The maximum atomic E-state index is 14.6. The van der Waals surface area contributed by atoms with Crippen LogP contribution in [0.15, 0.2) is 48.5 Å². The van der Waals surface area contributed by atoms with Crippen molar-refractivity contribution in [1.82, 2.24) is 4.90 Å². The van der Waals surface area contributed by atoms with E-state index in [2.05, 4.69) is 0 Å². The molecule has 1 fully saturated rings. The number of likely N-dealkylation sites (tertiary alicyclic amines) is 1. The molecule has 1 heterocycles. The Bertz CT molecular complexity index is 1220. The Labute approximate surface area is 189 Å². The molecule has 0 aliphatic carbocycles. The van der Waals surface area contributed by atoms with E-state index in [1.54, 1.807) is 12.1 Å². The Morgan fingerprint density at radius 1 is 1.09 bits per heavy atom. The largest absolute Gasteiger partial charge is 0.481 e. The van der Waals surface area contributed by atoms with Crippen molar-refractivity contribution >= 4 is 28.5 Å². The molecule has 1 aliphatic rings. The highest BCUT2D eigenvalue weighted by atomic mass is 19.2. The molecular weight excluding hydrogens is 433 g/mol. The first-order valence-corrected chi connectivity index (χ1v) is 10.7. The molecule has 33 heavy (non-hydrogen) atoms. The lowest BCUT2D eigenvalue weighted by atomic mass is 9.81. The van der Waals surface area contributed by atoms with Gasteiger partial charge in [-0.15, -0.1) is 5.12 Å². The van der Waals surface area contributed by atoms with Gasteiger partial charge < -0.3 is 10.0 Å². The summed E-state index contributed by atoms with van der Waals surface area (Å²) in [7, 11) is 0. The average Bonchev–Trinajstić information content (AvgIpc) is 2.79. The Hall–Kier alpha value is -3.55. The number of amides is 2. The summed E-state index contributed by atoms with van der Waals surface area (Å²) in [6.07, 6.45) is 0.822. The van der Waals surface area contributed by atoms with Crippen molar-refractivity contribution in [3.05, 3.63) is 76.9 Å². The van der Waals surface area contributed by atoms with Crippen LogP contribution >= 0.6 is 0 Å². The van der Waals surface area contributed by atoms with Crippen molar-refractivity contribution in [2.45, 2.75) is 32.1 Å². The molecule has 0 spiro atoms. The van der Waals surface area contributed by atoms with Gasteiger partial charge in [0.1, 0.15) is 17.3 Å². The van der Waals surface area contributed by atoms with Gasteiger partial charge in [-0.2, -0.15) is 0 Å². The predicted molar refractivity (Wildman–Crippen MR) is 119 cm³/mol. The number of fused-ring (bicyclic) bond motifs is 1. The lowest BCUT2D eigenvalue weighted by Crippen LogP contribution is -2.44. The fraction of sp³-hybridized carbons (Fsp3) is 0.280. The molecule has 172 valence electrons. The zero-order valence-electron chi connectivity index (χ0n) is 18.0. The Morgan fingerprint density at radius 2 is 1.79 bits per heavy atom. The first-order valence-electron chi connectivity index (χ1n) is 10.7. The van der Waals surface area contributed by atoms with Crippen LogP contribution in [0, 0.1) is 18.6 Å². The molecule has 3 aromatic rings. The highest BCUT2D eigenvalue weighted by Gasteiger charge is 2.31. The van der Waals surface area contributed by atoms with Crippen LogP contribution in [0.25, 0.3) is 10.8 Å². The third-order valence-corrected chi connectivity index (χ3v) is 6.27. The first kappa shape index (κ1) is 22.6. The molecule has 0 unspecified atom stereocenters. The molecule has 2 amide bonds. The van der Waals surface area contributed by atoms with E-state index >= 15 is 0 Å². The van der Waals surface area contributed by atoms with E-state index in [0.717, 1.165) is 22.6 Å². The van der Waals surface area contributed by atoms with Crippen molar-refractivity contribution in [2.24, 2.45) is 0 Å². The SMILES string of the molecule is Cc1c(CC(=O)O)cc2ccc(F)cc2c1C1CCN(C(=O)N(F)c2ccccc2F)CC1. The topological polar surface area (TPSA) is 60.9 Å². The average molecular weight is 456 g/mol. The number of anilines is 1. The summed E-state index contributed by atoms with van der Waals surface area (Å²) in [5.74, 6) is -2.24. The zero-order valence-corrected chi connectivity index (χ0v) is 18.0. The number of piperidine rings is 1. The third-order valence-electron chi connectivity index (χ3n) is 6.27. The van der Waals surface area contributed by atoms with Crippen molar-refractivity contribution in [3.8, 4) is 0 Å².